The zero-order chi connectivity index (χ0) is 45.7. The van der Waals surface area contributed by atoms with Crippen molar-refractivity contribution in [3.05, 3.63) is 24.3 Å². The van der Waals surface area contributed by atoms with E-state index in [9.17, 15) is 43.3 Å². The van der Waals surface area contributed by atoms with E-state index in [1.165, 1.54) is 116 Å². The molecule has 366 valence electrons. The van der Waals surface area contributed by atoms with Crippen LogP contribution in [0.2, 0.25) is 0 Å². The quantitative estimate of drug-likeness (QED) is 0.0174. The number of ether oxygens (including phenoxy) is 2. The topological polar surface area (TPSA) is 212 Å². The Hall–Kier alpha value is -1.46. The molecule has 1 rings (SSSR count). The molecule has 1 fully saturated rings. The van der Waals surface area contributed by atoms with E-state index in [2.05, 4.69) is 35.5 Å². The van der Waals surface area contributed by atoms with Gasteiger partial charge in [0.2, 0.25) is 5.91 Å². The zero-order valence-corrected chi connectivity index (χ0v) is 39.6. The van der Waals surface area contributed by atoms with Gasteiger partial charge in [-0.15, -0.1) is 0 Å². The minimum Gasteiger partial charge on any atom is -0.394 e. The van der Waals surface area contributed by atoms with Gasteiger partial charge in [-0.1, -0.05) is 192 Å². The van der Waals surface area contributed by atoms with Gasteiger partial charge >= 0.3 is 10.4 Å². The Balaban J connectivity index is 2.55. The van der Waals surface area contributed by atoms with E-state index in [0.29, 0.717) is 12.8 Å². The van der Waals surface area contributed by atoms with Crippen molar-refractivity contribution in [2.75, 3.05) is 13.2 Å². The lowest BCUT2D eigenvalue weighted by Crippen LogP contribution is -2.61. The zero-order valence-electron chi connectivity index (χ0n) is 38.8. The number of nitrogens with one attached hydrogen (secondary N) is 1. The number of aliphatic hydroxyl groups excluding tert-OH is 5. The molecule has 0 aromatic rings. The highest BCUT2D eigenvalue weighted by atomic mass is 32.3. The van der Waals surface area contributed by atoms with Crippen molar-refractivity contribution in [3.63, 3.8) is 0 Å². The van der Waals surface area contributed by atoms with Crippen molar-refractivity contribution in [3.8, 4) is 0 Å². The van der Waals surface area contributed by atoms with E-state index >= 15 is 0 Å². The first kappa shape index (κ1) is 58.6. The standard InChI is InChI=1S/C48H91NO12S/c1-3-5-7-9-11-13-15-17-19-20-21-22-23-25-26-28-30-32-34-36-41(51)40(39-59-48-45(54)46(61-62(56,57)58)44(53)43(38-50)60-48)49-47(55)42(52)37-35-33-31-29-27-24-18-16-14-12-10-8-6-4-2/h14,16,34,36,40-46,48,50-54H,3-13,15,17-33,35,37-39H2,1-2H3,(H,49,55)(H,56,57,58)/b16-14-,36-34+. The van der Waals surface area contributed by atoms with Gasteiger partial charge in [-0.2, -0.15) is 8.42 Å². The van der Waals surface area contributed by atoms with Crippen LogP contribution in [0.3, 0.4) is 0 Å². The van der Waals surface area contributed by atoms with Crippen LogP contribution in [0.25, 0.3) is 0 Å². The summed E-state index contributed by atoms with van der Waals surface area (Å²) in [6.45, 7) is 3.21. The summed E-state index contributed by atoms with van der Waals surface area (Å²) in [6.07, 6.45) is 32.5. The Bertz CT molecular complexity index is 1220. The monoisotopic (exact) mass is 906 g/mol. The first-order chi connectivity index (χ1) is 29.9. The van der Waals surface area contributed by atoms with Gasteiger partial charge in [0.25, 0.3) is 0 Å². The molecule has 0 spiro atoms. The highest BCUT2D eigenvalue weighted by Gasteiger charge is 2.48. The van der Waals surface area contributed by atoms with Crippen molar-refractivity contribution in [1.29, 1.82) is 0 Å². The van der Waals surface area contributed by atoms with E-state index in [0.717, 1.165) is 64.2 Å². The van der Waals surface area contributed by atoms with E-state index in [4.69, 9.17) is 9.47 Å². The number of amides is 1. The average molecular weight is 906 g/mol. The third-order valence-corrected chi connectivity index (χ3v) is 12.3. The minimum absolute atomic E-state index is 0.237. The molecule has 0 aromatic carbocycles. The first-order valence-electron chi connectivity index (χ1n) is 24.8. The van der Waals surface area contributed by atoms with E-state index < -0.39 is 78.5 Å². The maximum absolute atomic E-state index is 13.1. The second-order valence-corrected chi connectivity index (χ2v) is 18.6. The molecule has 1 amide bonds. The van der Waals surface area contributed by atoms with Crippen molar-refractivity contribution in [2.45, 2.75) is 262 Å². The van der Waals surface area contributed by atoms with Gasteiger partial charge in [-0.3, -0.25) is 9.35 Å². The summed E-state index contributed by atoms with van der Waals surface area (Å²) in [4.78, 5) is 13.1. The summed E-state index contributed by atoms with van der Waals surface area (Å²) in [5, 5.41) is 55.3. The molecule has 1 heterocycles. The van der Waals surface area contributed by atoms with Crippen molar-refractivity contribution in [1.82, 2.24) is 5.32 Å². The van der Waals surface area contributed by atoms with Gasteiger partial charge in [0.15, 0.2) is 6.29 Å². The second-order valence-electron chi connectivity index (χ2n) is 17.5. The number of hydrogen-bond acceptors (Lipinski definition) is 11. The molecule has 0 aliphatic carbocycles. The van der Waals surface area contributed by atoms with E-state index in [-0.39, 0.29) is 6.42 Å². The highest BCUT2D eigenvalue weighted by Crippen LogP contribution is 2.26. The molecule has 14 heteroatoms. The fraction of sp³-hybridized carbons (Fsp3) is 0.896. The molecule has 0 radical (unpaired) electrons. The number of rotatable bonds is 42. The highest BCUT2D eigenvalue weighted by molar-refractivity contribution is 7.80. The molecular weight excluding hydrogens is 815 g/mol. The number of carbonyl (C=O) groups is 1. The molecule has 7 N–H and O–H groups in total. The predicted octanol–water partition coefficient (Wildman–Crippen LogP) is 9.08. The lowest BCUT2D eigenvalue weighted by Gasteiger charge is -2.41. The molecule has 1 saturated heterocycles. The molecule has 0 saturated carbocycles. The molecule has 8 unspecified atom stereocenters. The maximum atomic E-state index is 13.1. The third-order valence-electron chi connectivity index (χ3n) is 11.8. The lowest BCUT2D eigenvalue weighted by atomic mass is 9.99. The smallest absolute Gasteiger partial charge is 0.394 e. The van der Waals surface area contributed by atoms with Crippen molar-refractivity contribution < 1.29 is 57.0 Å². The van der Waals surface area contributed by atoms with Gasteiger partial charge in [0.1, 0.15) is 30.5 Å². The van der Waals surface area contributed by atoms with Gasteiger partial charge in [-0.05, 0) is 44.9 Å². The Morgan fingerprint density at radius 1 is 0.645 bits per heavy atom. The molecule has 8 atom stereocenters. The summed E-state index contributed by atoms with van der Waals surface area (Å²) < 4.78 is 47.6. The van der Waals surface area contributed by atoms with Gasteiger partial charge < -0.3 is 40.3 Å². The van der Waals surface area contributed by atoms with Crippen LogP contribution >= 0.6 is 0 Å². The van der Waals surface area contributed by atoms with Crippen LogP contribution in [0.1, 0.15) is 213 Å². The van der Waals surface area contributed by atoms with Crippen LogP contribution in [0.15, 0.2) is 24.3 Å². The van der Waals surface area contributed by atoms with Crippen LogP contribution in [0.5, 0.6) is 0 Å². The largest absolute Gasteiger partial charge is 0.397 e. The van der Waals surface area contributed by atoms with Crippen LogP contribution in [0.4, 0.5) is 0 Å². The fourth-order valence-corrected chi connectivity index (χ4v) is 8.38. The number of allylic oxidation sites excluding steroid dienone is 3. The molecular formula is C48H91NO12S. The van der Waals surface area contributed by atoms with Gasteiger partial charge in [0.05, 0.1) is 25.4 Å². The summed E-state index contributed by atoms with van der Waals surface area (Å²) in [5.41, 5.74) is 0. The Morgan fingerprint density at radius 2 is 1.06 bits per heavy atom. The summed E-state index contributed by atoms with van der Waals surface area (Å²) in [7, 11) is -5.12. The molecule has 0 aromatic heterocycles. The normalized spacial score (nSPS) is 21.2. The van der Waals surface area contributed by atoms with Gasteiger partial charge in [0, 0.05) is 0 Å². The summed E-state index contributed by atoms with van der Waals surface area (Å²) in [5.74, 6) is -0.706. The molecule has 62 heavy (non-hydrogen) atoms. The van der Waals surface area contributed by atoms with E-state index in [1.54, 1.807) is 6.08 Å². The molecule has 1 aliphatic rings. The minimum atomic E-state index is -5.12. The summed E-state index contributed by atoms with van der Waals surface area (Å²) >= 11 is 0. The SMILES string of the molecule is CCCCCC/C=C\CCCCCCCCC(O)C(=O)NC(COC1OC(CO)C(O)C(OS(=O)(=O)O)C1O)C(O)/C=C/CCCCCCCCCCCCCCCCCCC. The van der Waals surface area contributed by atoms with Crippen LogP contribution in [-0.2, 0) is 28.9 Å². The fourth-order valence-electron chi connectivity index (χ4n) is 7.87. The third kappa shape index (κ3) is 30.6. The average Bonchev–Trinajstić information content (AvgIpc) is 3.24. The Kier molecular flexibility index (Phi) is 36.6. The molecule has 0 bridgehead atoms. The first-order valence-corrected chi connectivity index (χ1v) is 26.2. The molecule has 13 nitrogen and oxygen atoms in total. The van der Waals surface area contributed by atoms with Gasteiger partial charge in [-0.25, -0.2) is 4.18 Å². The Labute approximate surface area is 376 Å². The lowest BCUT2D eigenvalue weighted by molar-refractivity contribution is -0.298. The van der Waals surface area contributed by atoms with E-state index in [1.807, 2.05) is 6.08 Å². The van der Waals surface area contributed by atoms with Crippen LogP contribution < -0.4 is 5.32 Å². The van der Waals surface area contributed by atoms with Crippen LogP contribution in [-0.4, -0.2) is 107 Å². The Morgan fingerprint density at radius 3 is 1.52 bits per heavy atom. The number of aliphatic hydroxyl groups is 5. The molecule has 1 aliphatic heterocycles. The number of carbonyl (C=O) groups excluding carboxylic acids is 1. The second kappa shape index (κ2) is 38.8. The van der Waals surface area contributed by atoms with Crippen molar-refractivity contribution in [2.24, 2.45) is 0 Å². The summed E-state index contributed by atoms with van der Waals surface area (Å²) in [6, 6.07) is -1.12. The number of unbranched alkanes of at least 4 members (excludes halogenated alkanes) is 27. The predicted molar refractivity (Wildman–Crippen MR) is 247 cm³/mol. The number of hydrogen-bond donors (Lipinski definition) is 7. The van der Waals surface area contributed by atoms with Crippen LogP contribution in [0, 0.1) is 0 Å². The van der Waals surface area contributed by atoms with Crippen molar-refractivity contribution >= 4 is 16.3 Å². The maximum Gasteiger partial charge on any atom is 0.397 e.